The van der Waals surface area contributed by atoms with Crippen molar-refractivity contribution in [1.82, 2.24) is 0 Å². The van der Waals surface area contributed by atoms with E-state index in [9.17, 15) is 29.6 Å². The van der Waals surface area contributed by atoms with Crippen LogP contribution in [0, 0.1) is 11.8 Å². The van der Waals surface area contributed by atoms with Crippen LogP contribution in [0.5, 0.6) is 0 Å². The number of phosphoric ester groups is 1. The number of carbonyl (C=O) groups excluding carboxylic acids is 1. The number of carbonyl (C=O) groups is 1. The van der Waals surface area contributed by atoms with Crippen molar-refractivity contribution in [2.24, 2.45) is 17.6 Å². The Morgan fingerprint density at radius 1 is 0.782 bits per heavy atom. The second kappa shape index (κ2) is 34.5. The molecule has 1 aliphatic rings. The minimum Gasteiger partial charge on any atom is -0.498 e. The highest BCUT2D eigenvalue weighted by molar-refractivity contribution is 7.47. The summed E-state index contributed by atoms with van der Waals surface area (Å²) in [4.78, 5) is 22.6. The topological polar surface area (TPSA) is 178 Å². The summed E-state index contributed by atoms with van der Waals surface area (Å²) in [6.07, 6.45) is 33.1. The number of unbranched alkanes of at least 4 members (excludes halogenated alkanes) is 16. The number of hydrogen-bond acceptors (Lipinski definition) is 10. The predicted octanol–water partition coefficient (Wildman–Crippen LogP) is 9.36. The lowest BCUT2D eigenvalue weighted by Crippen LogP contribution is -2.27. The summed E-state index contributed by atoms with van der Waals surface area (Å²) >= 11 is 0. The molecule has 0 saturated heterocycles. The number of rotatable bonds is 37. The van der Waals surface area contributed by atoms with Crippen molar-refractivity contribution in [3.05, 3.63) is 36.6 Å². The van der Waals surface area contributed by atoms with Gasteiger partial charge in [0.15, 0.2) is 6.10 Å². The van der Waals surface area contributed by atoms with Crippen LogP contribution in [0.25, 0.3) is 0 Å². The van der Waals surface area contributed by atoms with Gasteiger partial charge in [-0.2, -0.15) is 0 Å². The molecule has 7 atom stereocenters. The van der Waals surface area contributed by atoms with E-state index in [-0.39, 0.29) is 44.6 Å². The number of phosphoric acid groups is 1. The van der Waals surface area contributed by atoms with Gasteiger partial charge in [0.05, 0.1) is 37.8 Å². The third-order valence-electron chi connectivity index (χ3n) is 10.2. The van der Waals surface area contributed by atoms with E-state index >= 15 is 0 Å². The van der Waals surface area contributed by atoms with Crippen molar-refractivity contribution in [1.29, 1.82) is 0 Å². The summed E-state index contributed by atoms with van der Waals surface area (Å²) in [5, 5.41) is 31.4. The highest BCUT2D eigenvalue weighted by atomic mass is 31.2. The zero-order valence-corrected chi connectivity index (χ0v) is 35.4. The zero-order valence-electron chi connectivity index (χ0n) is 34.5. The molecule has 6 N–H and O–H groups in total. The highest BCUT2D eigenvalue weighted by Crippen LogP contribution is 2.43. The summed E-state index contributed by atoms with van der Waals surface area (Å²) in [6, 6.07) is 0. The van der Waals surface area contributed by atoms with Crippen LogP contribution >= 0.6 is 7.82 Å². The van der Waals surface area contributed by atoms with Crippen LogP contribution in [0.1, 0.15) is 168 Å². The summed E-state index contributed by atoms with van der Waals surface area (Å²) in [5.41, 5.74) is 5.36. The first-order chi connectivity index (χ1) is 26.6. The molecule has 0 aromatic heterocycles. The third kappa shape index (κ3) is 28.5. The van der Waals surface area contributed by atoms with Gasteiger partial charge in [-0.1, -0.05) is 122 Å². The van der Waals surface area contributed by atoms with Crippen LogP contribution in [0.15, 0.2) is 36.6 Å². The van der Waals surface area contributed by atoms with Crippen molar-refractivity contribution in [3.8, 4) is 0 Å². The number of ether oxygens (including phenoxy) is 2. The molecular weight excluding hydrogens is 721 g/mol. The first-order valence-electron chi connectivity index (χ1n) is 21.8. The minimum atomic E-state index is -4.36. The largest absolute Gasteiger partial charge is 0.498 e. The lowest BCUT2D eigenvalue weighted by molar-refractivity contribution is -0.153. The fourth-order valence-corrected chi connectivity index (χ4v) is 7.70. The van der Waals surface area contributed by atoms with Crippen LogP contribution in [0.4, 0.5) is 0 Å². The molecule has 1 unspecified atom stereocenters. The maximum absolute atomic E-state index is 12.7. The van der Waals surface area contributed by atoms with Crippen molar-refractivity contribution in [3.63, 3.8) is 0 Å². The molecule has 1 saturated carbocycles. The Bertz CT molecular complexity index is 1060. The first kappa shape index (κ1) is 51.5. The normalized spacial score (nSPS) is 21.1. The van der Waals surface area contributed by atoms with Gasteiger partial charge < -0.3 is 35.4 Å². The molecular formula is C43H80NO10P. The molecule has 1 rings (SSSR count). The van der Waals surface area contributed by atoms with E-state index in [2.05, 4.69) is 26.0 Å². The molecule has 0 aromatic rings. The smallest absolute Gasteiger partial charge is 0.472 e. The van der Waals surface area contributed by atoms with Gasteiger partial charge >= 0.3 is 13.8 Å². The van der Waals surface area contributed by atoms with Crippen molar-refractivity contribution in [2.45, 2.75) is 192 Å². The van der Waals surface area contributed by atoms with Crippen LogP contribution in [-0.2, 0) is 27.9 Å². The highest BCUT2D eigenvalue weighted by Gasteiger charge is 2.39. The van der Waals surface area contributed by atoms with Gasteiger partial charge in [-0.05, 0) is 69.8 Å². The van der Waals surface area contributed by atoms with E-state index in [0.717, 1.165) is 70.6 Å². The van der Waals surface area contributed by atoms with Crippen molar-refractivity contribution < 1.29 is 48.1 Å². The third-order valence-corrected chi connectivity index (χ3v) is 11.2. The SMILES string of the molecule is CCCCCCCC/C=C\CCCCCC/C=C/OC[C@H](COP(=O)(O)OCCN)OC(=O)CCCCCC[C@@H]1[C@@H](/C=C/[C@@H](O)CCCCC)[C@H](O)C[C@@H]1O. The molecule has 12 heteroatoms. The Morgan fingerprint density at radius 2 is 1.38 bits per heavy atom. The molecule has 0 aromatic carbocycles. The number of aliphatic hydroxyl groups is 3. The van der Waals surface area contributed by atoms with E-state index in [4.69, 9.17) is 24.3 Å². The molecule has 0 heterocycles. The van der Waals surface area contributed by atoms with Gasteiger partial charge in [0.1, 0.15) is 6.61 Å². The molecule has 0 aliphatic heterocycles. The first-order valence-corrected chi connectivity index (χ1v) is 23.3. The number of esters is 1. The molecule has 0 bridgehead atoms. The van der Waals surface area contributed by atoms with Gasteiger partial charge in [0.2, 0.25) is 0 Å². The molecule has 0 radical (unpaired) electrons. The quantitative estimate of drug-likeness (QED) is 0.0133. The van der Waals surface area contributed by atoms with Gasteiger partial charge in [0.25, 0.3) is 0 Å². The van der Waals surface area contributed by atoms with Gasteiger partial charge in [-0.15, -0.1) is 0 Å². The number of aliphatic hydroxyl groups excluding tert-OH is 3. The van der Waals surface area contributed by atoms with E-state index in [0.29, 0.717) is 19.3 Å². The molecule has 55 heavy (non-hydrogen) atoms. The maximum atomic E-state index is 12.7. The Morgan fingerprint density at radius 3 is 2.05 bits per heavy atom. The Balaban J connectivity index is 2.36. The van der Waals surface area contributed by atoms with Crippen LogP contribution in [0.2, 0.25) is 0 Å². The molecule has 1 aliphatic carbocycles. The average molecular weight is 802 g/mol. The molecule has 0 spiro atoms. The van der Waals surface area contributed by atoms with Gasteiger partial charge in [-0.25, -0.2) is 4.57 Å². The number of hydrogen-bond donors (Lipinski definition) is 5. The van der Waals surface area contributed by atoms with E-state index < -0.39 is 38.2 Å². The predicted molar refractivity (Wildman–Crippen MR) is 221 cm³/mol. The maximum Gasteiger partial charge on any atom is 0.472 e. The van der Waals surface area contributed by atoms with Crippen LogP contribution < -0.4 is 5.73 Å². The van der Waals surface area contributed by atoms with Gasteiger partial charge in [0, 0.05) is 25.3 Å². The Hall–Kier alpha value is -1.56. The molecule has 11 nitrogen and oxygen atoms in total. The minimum absolute atomic E-state index is 0.0366. The standard InChI is InChI=1S/C43H80NO10P/c1-3-5-7-8-9-10-11-12-13-14-15-16-17-18-21-25-32-51-35-38(36-53-55(49,50)52-33-31-44)54-43(48)28-24-20-19-23-27-39-40(42(47)34-41(39)46)30-29-37(45)26-22-6-4-2/h12-13,25,29-30,32,37-42,45-47H,3-11,14-24,26-28,31,33-36,44H2,1-2H3,(H,49,50)/b13-12-,30-29+,32-25+/t37-,38+,39+,40+,41-,42+/m0/s1. The summed E-state index contributed by atoms with van der Waals surface area (Å²) in [5.74, 6) is -0.702. The monoisotopic (exact) mass is 802 g/mol. The number of allylic oxidation sites excluding steroid dienone is 3. The summed E-state index contributed by atoms with van der Waals surface area (Å²) in [7, 11) is -4.36. The van der Waals surface area contributed by atoms with Crippen LogP contribution in [-0.4, -0.2) is 77.0 Å². The average Bonchev–Trinajstić information content (AvgIpc) is 3.43. The van der Waals surface area contributed by atoms with E-state index in [1.165, 1.54) is 57.8 Å². The molecule has 0 amide bonds. The van der Waals surface area contributed by atoms with Crippen LogP contribution in [0.3, 0.4) is 0 Å². The lowest BCUT2D eigenvalue weighted by atomic mass is 9.88. The summed E-state index contributed by atoms with van der Waals surface area (Å²) in [6.45, 7) is 3.88. The Kier molecular flexibility index (Phi) is 32.3. The van der Waals surface area contributed by atoms with E-state index in [1.807, 2.05) is 12.2 Å². The fourth-order valence-electron chi connectivity index (χ4n) is 6.93. The fraction of sp³-hybridized carbons (Fsp3) is 0.837. The van der Waals surface area contributed by atoms with Crippen molar-refractivity contribution in [2.75, 3.05) is 26.4 Å². The Labute approximate surface area is 334 Å². The van der Waals surface area contributed by atoms with E-state index in [1.54, 1.807) is 12.3 Å². The second-order valence-corrected chi connectivity index (χ2v) is 16.7. The summed E-state index contributed by atoms with van der Waals surface area (Å²) < 4.78 is 33.2. The molecule has 322 valence electrons. The number of nitrogens with two attached hydrogens (primary N) is 1. The molecule has 1 fully saturated rings. The lowest BCUT2D eigenvalue weighted by Gasteiger charge is -2.21. The van der Waals surface area contributed by atoms with Crippen molar-refractivity contribution >= 4 is 13.8 Å². The van der Waals surface area contributed by atoms with Gasteiger partial charge in [-0.3, -0.25) is 13.8 Å². The second-order valence-electron chi connectivity index (χ2n) is 15.2. The zero-order chi connectivity index (χ0) is 40.4.